The number of likely N-dealkylation sites (tertiary alicyclic amines) is 1. The molecule has 2 heteroatoms. The molecular formula is C21H23NO. The number of rotatable bonds is 2. The highest BCUT2D eigenvalue weighted by atomic mass is 16.3. The Labute approximate surface area is 138 Å². The van der Waals surface area contributed by atoms with Crippen LogP contribution in [-0.4, -0.2) is 29.6 Å². The molecule has 1 fully saturated rings. The van der Waals surface area contributed by atoms with Gasteiger partial charge in [0.2, 0.25) is 0 Å². The summed E-state index contributed by atoms with van der Waals surface area (Å²) in [5.74, 6) is 6.53. The van der Waals surface area contributed by atoms with Crippen LogP contribution in [0.4, 0.5) is 0 Å². The Morgan fingerprint density at radius 1 is 0.957 bits per heavy atom. The van der Waals surface area contributed by atoms with Crippen molar-refractivity contribution in [2.75, 3.05) is 13.6 Å². The van der Waals surface area contributed by atoms with Gasteiger partial charge in [0, 0.05) is 11.1 Å². The quantitative estimate of drug-likeness (QED) is 0.860. The van der Waals surface area contributed by atoms with Crippen LogP contribution in [0.5, 0.6) is 0 Å². The summed E-state index contributed by atoms with van der Waals surface area (Å²) in [6.45, 7) is 1.08. The highest BCUT2D eigenvalue weighted by Gasteiger charge is 2.29. The second-order valence-corrected chi connectivity index (χ2v) is 6.20. The number of hydrogen-bond acceptors (Lipinski definition) is 2. The van der Waals surface area contributed by atoms with Crippen LogP contribution < -0.4 is 0 Å². The lowest BCUT2D eigenvalue weighted by atomic mass is 9.86. The average molecular weight is 305 g/mol. The first-order chi connectivity index (χ1) is 11.2. The van der Waals surface area contributed by atoms with E-state index in [1.807, 2.05) is 60.7 Å². The van der Waals surface area contributed by atoms with Crippen LogP contribution in [0.1, 0.15) is 30.4 Å². The minimum Gasteiger partial charge on any atom is -0.369 e. The summed E-state index contributed by atoms with van der Waals surface area (Å²) in [5.41, 5.74) is 0.371. The van der Waals surface area contributed by atoms with Crippen molar-refractivity contribution in [2.45, 2.75) is 30.9 Å². The zero-order valence-electron chi connectivity index (χ0n) is 13.6. The van der Waals surface area contributed by atoms with Gasteiger partial charge in [-0.1, -0.05) is 72.5 Å². The third-order valence-corrected chi connectivity index (χ3v) is 4.57. The zero-order valence-corrected chi connectivity index (χ0v) is 13.6. The van der Waals surface area contributed by atoms with Crippen molar-refractivity contribution in [2.24, 2.45) is 0 Å². The lowest BCUT2D eigenvalue weighted by molar-refractivity contribution is 0.144. The molecule has 2 aromatic carbocycles. The second-order valence-electron chi connectivity index (χ2n) is 6.20. The Hall–Kier alpha value is -2.08. The van der Waals surface area contributed by atoms with E-state index in [0.717, 1.165) is 24.1 Å². The largest absolute Gasteiger partial charge is 0.369 e. The van der Waals surface area contributed by atoms with Crippen molar-refractivity contribution in [1.82, 2.24) is 4.90 Å². The molecule has 1 aliphatic heterocycles. The normalized spacial score (nSPS) is 19.0. The van der Waals surface area contributed by atoms with E-state index < -0.39 is 5.60 Å². The Morgan fingerprint density at radius 3 is 2.04 bits per heavy atom. The maximum Gasteiger partial charge on any atom is 0.176 e. The van der Waals surface area contributed by atoms with Gasteiger partial charge in [0.1, 0.15) is 0 Å². The monoisotopic (exact) mass is 305 g/mol. The van der Waals surface area contributed by atoms with Crippen LogP contribution in [0.15, 0.2) is 60.7 Å². The van der Waals surface area contributed by atoms with Gasteiger partial charge in [-0.25, -0.2) is 0 Å². The molecule has 0 aliphatic carbocycles. The lowest BCUT2D eigenvalue weighted by Crippen LogP contribution is -2.35. The topological polar surface area (TPSA) is 23.5 Å². The number of benzene rings is 2. The smallest absolute Gasteiger partial charge is 0.176 e. The van der Waals surface area contributed by atoms with E-state index in [1.54, 1.807) is 0 Å². The first-order valence-electron chi connectivity index (χ1n) is 8.26. The van der Waals surface area contributed by atoms with Gasteiger partial charge in [0.05, 0.1) is 6.04 Å². The number of nitrogens with zero attached hydrogens (tertiary/aromatic N) is 1. The minimum atomic E-state index is -1.26. The summed E-state index contributed by atoms with van der Waals surface area (Å²) >= 11 is 0. The molecule has 0 amide bonds. The molecule has 0 radical (unpaired) electrons. The third-order valence-electron chi connectivity index (χ3n) is 4.57. The molecule has 1 aliphatic rings. The second kappa shape index (κ2) is 7.00. The summed E-state index contributed by atoms with van der Waals surface area (Å²) in [4.78, 5) is 2.28. The van der Waals surface area contributed by atoms with Crippen LogP contribution in [-0.2, 0) is 5.60 Å². The molecule has 0 spiro atoms. The summed E-state index contributed by atoms with van der Waals surface area (Å²) in [5, 5.41) is 11.4. The Morgan fingerprint density at radius 2 is 1.52 bits per heavy atom. The molecule has 0 bridgehead atoms. The van der Waals surface area contributed by atoms with E-state index in [9.17, 15) is 5.11 Å². The standard InChI is InChI=1S/C21H23NO/c1-22-17-9-8-14-20(22)15-16-21(23,18-10-4-2-5-11-18)19-12-6-3-7-13-19/h2-7,10-13,20,23H,8-9,14,17H2,1H3/t20-/m0/s1. The Kier molecular flexibility index (Phi) is 4.81. The highest BCUT2D eigenvalue weighted by Crippen LogP contribution is 2.29. The van der Waals surface area contributed by atoms with Crippen molar-refractivity contribution < 1.29 is 5.11 Å². The lowest BCUT2D eigenvalue weighted by Gasteiger charge is -2.29. The van der Waals surface area contributed by atoms with Crippen molar-refractivity contribution in [3.8, 4) is 11.8 Å². The van der Waals surface area contributed by atoms with E-state index >= 15 is 0 Å². The van der Waals surface area contributed by atoms with E-state index in [4.69, 9.17) is 0 Å². The molecule has 2 nitrogen and oxygen atoms in total. The fraction of sp³-hybridized carbons (Fsp3) is 0.333. The molecule has 3 rings (SSSR count). The van der Waals surface area contributed by atoms with Crippen LogP contribution in [0.25, 0.3) is 0 Å². The van der Waals surface area contributed by atoms with Gasteiger partial charge in [0.15, 0.2) is 5.60 Å². The van der Waals surface area contributed by atoms with Gasteiger partial charge in [-0.3, -0.25) is 4.90 Å². The van der Waals surface area contributed by atoms with Gasteiger partial charge in [-0.05, 0) is 32.9 Å². The summed E-state index contributed by atoms with van der Waals surface area (Å²) < 4.78 is 0. The molecule has 118 valence electrons. The molecule has 23 heavy (non-hydrogen) atoms. The molecular weight excluding hydrogens is 282 g/mol. The fourth-order valence-electron chi connectivity index (χ4n) is 3.11. The van der Waals surface area contributed by atoms with E-state index in [0.29, 0.717) is 0 Å². The zero-order chi connectivity index (χ0) is 16.1. The van der Waals surface area contributed by atoms with E-state index in [-0.39, 0.29) is 6.04 Å². The van der Waals surface area contributed by atoms with Crippen LogP contribution in [0, 0.1) is 11.8 Å². The van der Waals surface area contributed by atoms with Crippen LogP contribution in [0.2, 0.25) is 0 Å². The third kappa shape index (κ3) is 3.47. The van der Waals surface area contributed by atoms with E-state index in [1.165, 1.54) is 12.8 Å². The van der Waals surface area contributed by atoms with Crippen LogP contribution >= 0.6 is 0 Å². The van der Waals surface area contributed by atoms with Gasteiger partial charge in [-0.15, -0.1) is 0 Å². The summed E-state index contributed by atoms with van der Waals surface area (Å²) in [6.07, 6.45) is 3.51. The van der Waals surface area contributed by atoms with Crippen LogP contribution in [0.3, 0.4) is 0 Å². The number of piperidine rings is 1. The van der Waals surface area contributed by atoms with Gasteiger partial charge >= 0.3 is 0 Å². The first kappa shape index (κ1) is 15.8. The first-order valence-corrected chi connectivity index (χ1v) is 8.26. The Balaban J connectivity index is 2.00. The highest BCUT2D eigenvalue weighted by molar-refractivity contribution is 5.44. The molecule has 0 aromatic heterocycles. The average Bonchev–Trinajstić information content (AvgIpc) is 2.62. The van der Waals surface area contributed by atoms with Gasteiger partial charge in [0.25, 0.3) is 0 Å². The van der Waals surface area contributed by atoms with E-state index in [2.05, 4.69) is 23.8 Å². The summed E-state index contributed by atoms with van der Waals surface area (Å²) in [7, 11) is 2.11. The molecule has 1 N–H and O–H groups in total. The van der Waals surface area contributed by atoms with Crippen molar-refractivity contribution in [3.05, 3.63) is 71.8 Å². The Bertz CT molecular complexity index is 645. The molecule has 1 saturated heterocycles. The number of hydrogen-bond donors (Lipinski definition) is 1. The predicted molar refractivity (Wildman–Crippen MR) is 93.9 cm³/mol. The van der Waals surface area contributed by atoms with Gasteiger partial charge < -0.3 is 5.11 Å². The fourth-order valence-corrected chi connectivity index (χ4v) is 3.11. The molecule has 2 aromatic rings. The van der Waals surface area contributed by atoms with Gasteiger partial charge in [-0.2, -0.15) is 0 Å². The van der Waals surface area contributed by atoms with Crippen molar-refractivity contribution in [1.29, 1.82) is 0 Å². The SMILES string of the molecule is CN1CCCC[C@H]1C#CC(O)(c1ccccc1)c1ccccc1. The molecule has 1 atom stereocenters. The maximum absolute atomic E-state index is 11.4. The predicted octanol–water partition coefficient (Wildman–Crippen LogP) is 3.41. The van der Waals surface area contributed by atoms with Crippen molar-refractivity contribution in [3.63, 3.8) is 0 Å². The number of aliphatic hydroxyl groups is 1. The summed E-state index contributed by atoms with van der Waals surface area (Å²) in [6, 6.07) is 19.7. The molecule has 1 heterocycles. The minimum absolute atomic E-state index is 0.225. The molecule has 0 saturated carbocycles. The maximum atomic E-state index is 11.4. The van der Waals surface area contributed by atoms with Crippen molar-refractivity contribution >= 4 is 0 Å². The molecule has 0 unspecified atom stereocenters.